The molecule has 146 valence electrons. The summed E-state index contributed by atoms with van der Waals surface area (Å²) in [5, 5.41) is 6.54. The number of aryl methyl sites for hydroxylation is 2. The highest BCUT2D eigenvalue weighted by molar-refractivity contribution is 5.90. The first kappa shape index (κ1) is 19.4. The number of hydrogen-bond donors (Lipinski definition) is 1. The molecule has 1 aliphatic rings. The maximum absolute atomic E-state index is 12.1. The van der Waals surface area contributed by atoms with Crippen LogP contribution < -0.4 is 10.1 Å². The second-order valence-corrected chi connectivity index (χ2v) is 7.22. The van der Waals surface area contributed by atoms with Gasteiger partial charge in [0.2, 0.25) is 11.8 Å². The van der Waals surface area contributed by atoms with Crippen molar-refractivity contribution >= 4 is 11.8 Å². The van der Waals surface area contributed by atoms with Gasteiger partial charge in [0, 0.05) is 6.07 Å². The molecule has 1 amide bonds. The molecule has 0 spiro atoms. The van der Waals surface area contributed by atoms with Crippen LogP contribution in [0.15, 0.2) is 34.9 Å². The van der Waals surface area contributed by atoms with Crippen molar-refractivity contribution in [2.45, 2.75) is 39.5 Å². The van der Waals surface area contributed by atoms with Crippen LogP contribution in [0.25, 0.3) is 0 Å². The highest BCUT2D eigenvalue weighted by Gasteiger charge is 2.21. The van der Waals surface area contributed by atoms with Gasteiger partial charge in [-0.1, -0.05) is 17.3 Å². The van der Waals surface area contributed by atoms with E-state index < -0.39 is 0 Å². The van der Waals surface area contributed by atoms with Gasteiger partial charge in [-0.3, -0.25) is 15.0 Å². The summed E-state index contributed by atoms with van der Waals surface area (Å²) in [6.45, 7) is 6.88. The van der Waals surface area contributed by atoms with E-state index in [1.54, 1.807) is 6.07 Å². The quantitative estimate of drug-likeness (QED) is 0.767. The van der Waals surface area contributed by atoms with Crippen LogP contribution in [0, 0.1) is 12.8 Å². The number of benzene rings is 1. The third kappa shape index (κ3) is 6.10. The lowest BCUT2D eigenvalue weighted by atomic mass is 9.90. The van der Waals surface area contributed by atoms with E-state index in [2.05, 4.69) is 39.6 Å². The molecule has 6 nitrogen and oxygen atoms in total. The molecule has 2 heterocycles. The van der Waals surface area contributed by atoms with Crippen LogP contribution in [0.5, 0.6) is 5.75 Å². The molecule has 0 unspecified atom stereocenters. The number of rotatable bonds is 8. The number of likely N-dealkylation sites (tertiary alicyclic amines) is 1. The molecule has 1 fully saturated rings. The molecule has 6 heteroatoms. The number of carbonyl (C=O) groups is 1. The Balaban J connectivity index is 1.35. The Labute approximate surface area is 160 Å². The Bertz CT molecular complexity index is 719. The summed E-state index contributed by atoms with van der Waals surface area (Å²) in [5.41, 5.74) is 2.13. The minimum Gasteiger partial charge on any atom is -0.494 e. The highest BCUT2D eigenvalue weighted by atomic mass is 16.5. The van der Waals surface area contributed by atoms with Gasteiger partial charge in [0.1, 0.15) is 5.75 Å². The van der Waals surface area contributed by atoms with Crippen LogP contribution in [-0.4, -0.2) is 42.2 Å². The van der Waals surface area contributed by atoms with Gasteiger partial charge in [-0.25, -0.2) is 0 Å². The first-order valence-corrected chi connectivity index (χ1v) is 9.79. The Hall–Kier alpha value is -2.34. The van der Waals surface area contributed by atoms with Crippen molar-refractivity contribution in [3.8, 4) is 5.75 Å². The maximum Gasteiger partial charge on any atom is 0.240 e. The van der Waals surface area contributed by atoms with Crippen molar-refractivity contribution in [3.63, 3.8) is 0 Å². The molecular weight excluding hydrogens is 342 g/mol. The number of nitrogens with zero attached hydrogens (tertiary/aromatic N) is 2. The molecule has 3 rings (SSSR count). The Morgan fingerprint density at radius 2 is 2.04 bits per heavy atom. The molecular formula is C21H29N3O3. The van der Waals surface area contributed by atoms with E-state index in [9.17, 15) is 4.79 Å². The Kier molecular flexibility index (Phi) is 6.87. The van der Waals surface area contributed by atoms with Crippen molar-refractivity contribution in [2.75, 3.05) is 31.6 Å². The molecule has 0 saturated carbocycles. The molecule has 2 aromatic rings. The minimum atomic E-state index is -0.0426. The van der Waals surface area contributed by atoms with Gasteiger partial charge in [-0.2, -0.15) is 0 Å². The van der Waals surface area contributed by atoms with Crippen LogP contribution in [-0.2, 0) is 11.2 Å². The van der Waals surface area contributed by atoms with Crippen molar-refractivity contribution in [1.29, 1.82) is 0 Å². The number of anilines is 1. The number of piperidine rings is 1. The highest BCUT2D eigenvalue weighted by Crippen LogP contribution is 2.23. The zero-order valence-corrected chi connectivity index (χ0v) is 16.2. The van der Waals surface area contributed by atoms with Crippen molar-refractivity contribution in [3.05, 3.63) is 41.6 Å². The van der Waals surface area contributed by atoms with Crippen LogP contribution in [0.1, 0.15) is 37.4 Å². The molecule has 0 atom stereocenters. The van der Waals surface area contributed by atoms with Gasteiger partial charge in [0.25, 0.3) is 0 Å². The molecule has 0 bridgehead atoms. The van der Waals surface area contributed by atoms with E-state index >= 15 is 0 Å². The predicted molar refractivity (Wildman–Crippen MR) is 105 cm³/mol. The summed E-state index contributed by atoms with van der Waals surface area (Å²) < 4.78 is 10.5. The third-order valence-corrected chi connectivity index (χ3v) is 5.04. The zero-order valence-electron chi connectivity index (χ0n) is 16.2. The van der Waals surface area contributed by atoms with Crippen LogP contribution in [0.2, 0.25) is 0 Å². The monoisotopic (exact) mass is 371 g/mol. The fraction of sp³-hybridized carbons (Fsp3) is 0.524. The number of nitrogens with one attached hydrogen (secondary N) is 1. The summed E-state index contributed by atoms with van der Waals surface area (Å²) in [4.78, 5) is 14.3. The summed E-state index contributed by atoms with van der Waals surface area (Å²) in [7, 11) is 0. The predicted octanol–water partition coefficient (Wildman–Crippen LogP) is 3.67. The van der Waals surface area contributed by atoms with Crippen molar-refractivity contribution in [1.82, 2.24) is 10.1 Å². The molecule has 0 aliphatic carbocycles. The van der Waals surface area contributed by atoms with E-state index in [-0.39, 0.29) is 5.91 Å². The number of hydrogen-bond acceptors (Lipinski definition) is 5. The fourth-order valence-corrected chi connectivity index (χ4v) is 3.53. The van der Waals surface area contributed by atoms with Crippen molar-refractivity contribution in [2.24, 2.45) is 5.92 Å². The van der Waals surface area contributed by atoms with Gasteiger partial charge >= 0.3 is 0 Å². The second kappa shape index (κ2) is 9.55. The lowest BCUT2D eigenvalue weighted by Crippen LogP contribution is -2.39. The molecule has 1 aromatic heterocycles. The fourth-order valence-electron chi connectivity index (χ4n) is 3.53. The van der Waals surface area contributed by atoms with E-state index in [4.69, 9.17) is 9.26 Å². The number of ether oxygens (including phenoxy) is 1. The average Bonchev–Trinajstić information content (AvgIpc) is 3.07. The standard InChI is InChI=1S/C21H29N3O3/c1-3-26-19-8-6-17(7-9-19)4-5-18-10-12-24(13-11-18)15-20(25)22-21-14-16(2)23-27-21/h6-9,14,18H,3-5,10-13,15H2,1-2H3,(H,22,25). The first-order valence-electron chi connectivity index (χ1n) is 9.79. The molecule has 1 saturated heterocycles. The number of aromatic nitrogens is 1. The van der Waals surface area contributed by atoms with Gasteiger partial charge in [0.15, 0.2) is 0 Å². The molecule has 1 aromatic carbocycles. The number of amides is 1. The summed E-state index contributed by atoms with van der Waals surface area (Å²) in [6.07, 6.45) is 4.59. The van der Waals surface area contributed by atoms with E-state index in [1.165, 1.54) is 12.0 Å². The SMILES string of the molecule is CCOc1ccc(CCC2CCN(CC(=O)Nc3cc(C)no3)CC2)cc1. The molecule has 27 heavy (non-hydrogen) atoms. The second-order valence-electron chi connectivity index (χ2n) is 7.22. The lowest BCUT2D eigenvalue weighted by Gasteiger charge is -2.31. The third-order valence-electron chi connectivity index (χ3n) is 5.04. The lowest BCUT2D eigenvalue weighted by molar-refractivity contribution is -0.117. The zero-order chi connectivity index (χ0) is 19.1. The molecule has 1 aliphatic heterocycles. The van der Waals surface area contributed by atoms with Crippen molar-refractivity contribution < 1.29 is 14.1 Å². The van der Waals surface area contributed by atoms with Crippen LogP contribution in [0.4, 0.5) is 5.88 Å². The van der Waals surface area contributed by atoms with Crippen LogP contribution >= 0.6 is 0 Å². The van der Waals surface area contributed by atoms with Crippen LogP contribution in [0.3, 0.4) is 0 Å². The van der Waals surface area contributed by atoms with Gasteiger partial charge in [0.05, 0.1) is 18.8 Å². The summed E-state index contributed by atoms with van der Waals surface area (Å²) in [5.74, 6) is 2.04. The van der Waals surface area contributed by atoms with E-state index in [1.807, 2.05) is 13.8 Å². The van der Waals surface area contributed by atoms with E-state index in [0.29, 0.717) is 19.0 Å². The van der Waals surface area contributed by atoms with Gasteiger partial charge in [-0.05, 0) is 76.2 Å². The van der Waals surface area contributed by atoms with E-state index in [0.717, 1.165) is 49.7 Å². The summed E-state index contributed by atoms with van der Waals surface area (Å²) in [6, 6.07) is 10.2. The minimum absolute atomic E-state index is 0.0426. The largest absolute Gasteiger partial charge is 0.494 e. The maximum atomic E-state index is 12.1. The first-order chi connectivity index (χ1) is 13.1. The molecule has 1 N–H and O–H groups in total. The topological polar surface area (TPSA) is 67.6 Å². The Morgan fingerprint density at radius 3 is 2.67 bits per heavy atom. The van der Waals surface area contributed by atoms with Gasteiger partial charge < -0.3 is 9.26 Å². The van der Waals surface area contributed by atoms with Gasteiger partial charge in [-0.15, -0.1) is 0 Å². The summed E-state index contributed by atoms with van der Waals surface area (Å²) >= 11 is 0. The normalized spacial score (nSPS) is 15.6. The molecule has 0 radical (unpaired) electrons. The Morgan fingerprint density at radius 1 is 1.30 bits per heavy atom. The smallest absolute Gasteiger partial charge is 0.240 e. The average molecular weight is 371 g/mol. The number of carbonyl (C=O) groups excluding carboxylic acids is 1.